The molecule has 1 nitrogen and oxygen atoms in total. The molecule has 0 spiro atoms. The molecule has 0 unspecified atom stereocenters. The van der Waals surface area contributed by atoms with Crippen LogP contribution in [0.5, 0.6) is 0 Å². The van der Waals surface area contributed by atoms with Crippen LogP contribution in [0.2, 0.25) is 0 Å². The van der Waals surface area contributed by atoms with Crippen LogP contribution in [0.3, 0.4) is 0 Å². The SMILES string of the molecule is Fc1ccc(-c2c(Br)c(C3CC3)nc3ccccc23)cc1. The fraction of sp³-hybridized carbons (Fsp3) is 0.167. The Kier molecular flexibility index (Phi) is 3.03. The quantitative estimate of drug-likeness (QED) is 0.584. The molecule has 1 aliphatic rings. The van der Waals surface area contributed by atoms with Gasteiger partial charge in [0, 0.05) is 21.3 Å². The minimum Gasteiger partial charge on any atom is -0.251 e. The lowest BCUT2D eigenvalue weighted by atomic mass is 9.99. The van der Waals surface area contributed by atoms with Gasteiger partial charge in [0.1, 0.15) is 5.82 Å². The zero-order chi connectivity index (χ0) is 14.4. The number of nitrogens with zero attached hydrogens (tertiary/aromatic N) is 1. The molecular weight excluding hydrogens is 329 g/mol. The number of hydrogen-bond acceptors (Lipinski definition) is 1. The molecule has 21 heavy (non-hydrogen) atoms. The van der Waals surface area contributed by atoms with E-state index in [0.29, 0.717) is 5.92 Å². The highest BCUT2D eigenvalue weighted by atomic mass is 79.9. The molecular formula is C18H13BrFN. The van der Waals surface area contributed by atoms with E-state index in [2.05, 4.69) is 22.0 Å². The first-order chi connectivity index (χ1) is 10.2. The number of hydrogen-bond donors (Lipinski definition) is 0. The Balaban J connectivity index is 2.05. The Labute approximate surface area is 131 Å². The maximum absolute atomic E-state index is 13.2. The minimum atomic E-state index is -0.212. The van der Waals surface area contributed by atoms with Gasteiger partial charge in [-0.3, -0.25) is 4.98 Å². The number of benzene rings is 2. The van der Waals surface area contributed by atoms with E-state index >= 15 is 0 Å². The number of rotatable bonds is 2. The average Bonchev–Trinajstić information content (AvgIpc) is 3.33. The second-order valence-corrected chi connectivity index (χ2v) is 6.28. The molecule has 0 radical (unpaired) electrons. The van der Waals surface area contributed by atoms with Crippen LogP contribution in [0.4, 0.5) is 4.39 Å². The zero-order valence-corrected chi connectivity index (χ0v) is 12.9. The Bertz CT molecular complexity index is 822. The van der Waals surface area contributed by atoms with E-state index < -0.39 is 0 Å². The Morgan fingerprint density at radius 2 is 1.71 bits per heavy atom. The summed E-state index contributed by atoms with van der Waals surface area (Å²) >= 11 is 3.74. The summed E-state index contributed by atoms with van der Waals surface area (Å²) in [6.45, 7) is 0. The molecule has 3 heteroatoms. The minimum absolute atomic E-state index is 0.212. The standard InChI is InChI=1S/C18H13BrFN/c19-17-16(11-7-9-13(20)10-8-11)14-3-1-2-4-15(14)21-18(17)12-5-6-12/h1-4,7-10,12H,5-6H2. The molecule has 1 fully saturated rings. The van der Waals surface area contributed by atoms with Crippen molar-refractivity contribution in [3.05, 3.63) is 64.5 Å². The van der Waals surface area contributed by atoms with Gasteiger partial charge in [0.25, 0.3) is 0 Å². The summed E-state index contributed by atoms with van der Waals surface area (Å²) in [7, 11) is 0. The number of para-hydroxylation sites is 1. The molecule has 2 aromatic carbocycles. The first-order valence-corrected chi connectivity index (χ1v) is 7.87. The van der Waals surface area contributed by atoms with Gasteiger partial charge in [-0.25, -0.2) is 4.39 Å². The Morgan fingerprint density at radius 3 is 2.43 bits per heavy atom. The lowest BCUT2D eigenvalue weighted by molar-refractivity contribution is 0.628. The highest BCUT2D eigenvalue weighted by Gasteiger charge is 2.29. The predicted molar refractivity (Wildman–Crippen MR) is 86.8 cm³/mol. The molecule has 0 saturated heterocycles. The lowest BCUT2D eigenvalue weighted by Crippen LogP contribution is -1.95. The van der Waals surface area contributed by atoms with Crippen molar-refractivity contribution in [2.75, 3.05) is 0 Å². The van der Waals surface area contributed by atoms with E-state index in [1.54, 1.807) is 0 Å². The van der Waals surface area contributed by atoms with Gasteiger partial charge in [-0.2, -0.15) is 0 Å². The van der Waals surface area contributed by atoms with Gasteiger partial charge in [0.15, 0.2) is 0 Å². The molecule has 3 aromatic rings. The molecule has 0 aliphatic heterocycles. The molecule has 0 amide bonds. The van der Waals surface area contributed by atoms with Crippen LogP contribution in [0.1, 0.15) is 24.5 Å². The van der Waals surface area contributed by atoms with Crippen LogP contribution in [-0.4, -0.2) is 4.98 Å². The molecule has 104 valence electrons. The molecule has 4 rings (SSSR count). The molecule has 1 saturated carbocycles. The van der Waals surface area contributed by atoms with Crippen LogP contribution in [0.25, 0.3) is 22.0 Å². The smallest absolute Gasteiger partial charge is 0.123 e. The van der Waals surface area contributed by atoms with Gasteiger partial charge < -0.3 is 0 Å². The van der Waals surface area contributed by atoms with Gasteiger partial charge in [-0.05, 0) is 52.5 Å². The first-order valence-electron chi connectivity index (χ1n) is 7.08. The maximum atomic E-state index is 13.2. The van der Waals surface area contributed by atoms with Crippen LogP contribution in [-0.2, 0) is 0 Å². The summed E-state index contributed by atoms with van der Waals surface area (Å²) in [5.41, 5.74) is 4.27. The molecule has 0 atom stereocenters. The van der Waals surface area contributed by atoms with Crippen molar-refractivity contribution in [2.45, 2.75) is 18.8 Å². The van der Waals surface area contributed by atoms with Gasteiger partial charge in [0.2, 0.25) is 0 Å². The van der Waals surface area contributed by atoms with Crippen molar-refractivity contribution in [3.8, 4) is 11.1 Å². The molecule has 1 aliphatic carbocycles. The average molecular weight is 342 g/mol. The third kappa shape index (κ3) is 2.26. The summed E-state index contributed by atoms with van der Waals surface area (Å²) in [6, 6.07) is 14.8. The lowest BCUT2D eigenvalue weighted by Gasteiger charge is -2.13. The Hall–Kier alpha value is -1.74. The summed E-state index contributed by atoms with van der Waals surface area (Å²) in [4.78, 5) is 4.82. The third-order valence-corrected chi connectivity index (χ3v) is 4.76. The summed E-state index contributed by atoms with van der Waals surface area (Å²) in [5, 5.41) is 1.10. The predicted octanol–water partition coefficient (Wildman–Crippen LogP) is 5.68. The van der Waals surface area contributed by atoms with E-state index in [1.165, 1.54) is 25.0 Å². The van der Waals surface area contributed by atoms with Crippen molar-refractivity contribution in [1.82, 2.24) is 4.98 Å². The van der Waals surface area contributed by atoms with Crippen LogP contribution in [0.15, 0.2) is 53.0 Å². The number of aromatic nitrogens is 1. The molecule has 0 bridgehead atoms. The number of halogens is 2. The Morgan fingerprint density at radius 1 is 1.00 bits per heavy atom. The summed E-state index contributed by atoms with van der Waals surface area (Å²) < 4.78 is 14.3. The second kappa shape index (κ2) is 4.92. The largest absolute Gasteiger partial charge is 0.251 e. The second-order valence-electron chi connectivity index (χ2n) is 5.48. The maximum Gasteiger partial charge on any atom is 0.123 e. The van der Waals surface area contributed by atoms with E-state index in [4.69, 9.17) is 4.98 Å². The van der Waals surface area contributed by atoms with Crippen molar-refractivity contribution in [1.29, 1.82) is 0 Å². The fourth-order valence-corrected chi connectivity index (χ4v) is 3.59. The van der Waals surface area contributed by atoms with Gasteiger partial charge >= 0.3 is 0 Å². The van der Waals surface area contributed by atoms with E-state index in [0.717, 1.165) is 32.2 Å². The van der Waals surface area contributed by atoms with Crippen LogP contribution in [0, 0.1) is 5.82 Å². The van der Waals surface area contributed by atoms with Crippen molar-refractivity contribution in [3.63, 3.8) is 0 Å². The van der Waals surface area contributed by atoms with Crippen molar-refractivity contribution < 1.29 is 4.39 Å². The fourth-order valence-electron chi connectivity index (χ4n) is 2.73. The first kappa shape index (κ1) is 13.0. The normalized spacial score (nSPS) is 14.6. The number of fused-ring (bicyclic) bond motifs is 1. The van der Waals surface area contributed by atoms with Gasteiger partial charge in [0.05, 0.1) is 11.2 Å². The highest BCUT2D eigenvalue weighted by Crippen LogP contribution is 2.46. The summed E-state index contributed by atoms with van der Waals surface area (Å²) in [6.07, 6.45) is 2.40. The van der Waals surface area contributed by atoms with E-state index in [-0.39, 0.29) is 5.82 Å². The van der Waals surface area contributed by atoms with Crippen LogP contribution < -0.4 is 0 Å². The molecule has 1 heterocycles. The zero-order valence-electron chi connectivity index (χ0n) is 11.3. The van der Waals surface area contributed by atoms with E-state index in [1.807, 2.05) is 30.3 Å². The van der Waals surface area contributed by atoms with Crippen LogP contribution >= 0.6 is 15.9 Å². The van der Waals surface area contributed by atoms with Gasteiger partial charge in [-0.15, -0.1) is 0 Å². The number of pyridine rings is 1. The molecule has 1 aromatic heterocycles. The summed E-state index contributed by atoms with van der Waals surface area (Å²) in [5.74, 6) is 0.346. The van der Waals surface area contributed by atoms with Crippen molar-refractivity contribution in [2.24, 2.45) is 0 Å². The van der Waals surface area contributed by atoms with E-state index in [9.17, 15) is 4.39 Å². The van der Waals surface area contributed by atoms with Crippen molar-refractivity contribution >= 4 is 26.8 Å². The monoisotopic (exact) mass is 341 g/mol. The van der Waals surface area contributed by atoms with Gasteiger partial charge in [-0.1, -0.05) is 30.3 Å². The highest BCUT2D eigenvalue weighted by molar-refractivity contribution is 9.10. The third-order valence-electron chi connectivity index (χ3n) is 3.96. The topological polar surface area (TPSA) is 12.9 Å². The molecule has 0 N–H and O–H groups in total.